The lowest BCUT2D eigenvalue weighted by Crippen LogP contribution is -2.39. The molecule has 1 saturated carbocycles. The molecule has 0 atom stereocenters. The minimum Gasteiger partial charge on any atom is -0.261 e. The molecule has 114 valence electrons. The third-order valence-electron chi connectivity index (χ3n) is 3.90. The van der Waals surface area contributed by atoms with E-state index in [-0.39, 0.29) is 12.2 Å². The number of nitriles is 1. The van der Waals surface area contributed by atoms with Crippen LogP contribution >= 0.6 is 0 Å². The van der Waals surface area contributed by atoms with Gasteiger partial charge in [0, 0.05) is 37.8 Å². The highest BCUT2D eigenvalue weighted by Gasteiger charge is 2.27. The van der Waals surface area contributed by atoms with Gasteiger partial charge >= 0.3 is 0 Å². The van der Waals surface area contributed by atoms with Gasteiger partial charge in [0.2, 0.25) is 10.0 Å². The second-order valence-corrected chi connectivity index (χ2v) is 7.54. The first-order valence-corrected chi connectivity index (χ1v) is 8.97. The zero-order valence-corrected chi connectivity index (χ0v) is 12.9. The standard InChI is InChI=1S/C15H21N3O2S/c16-9-4-11-18(13-14-5-3-6-14)21(19,20)12-8-15-7-1-2-10-17-15/h1-2,7,10,14H,3-6,8,11-13H2. The third kappa shape index (κ3) is 4.80. The fourth-order valence-electron chi connectivity index (χ4n) is 2.39. The number of pyridine rings is 1. The SMILES string of the molecule is N#CCCN(CC1CCC1)S(=O)(=O)CCc1ccccn1. The van der Waals surface area contributed by atoms with Crippen LogP contribution in [0.25, 0.3) is 0 Å². The largest absolute Gasteiger partial charge is 0.261 e. The van der Waals surface area contributed by atoms with E-state index in [9.17, 15) is 8.42 Å². The van der Waals surface area contributed by atoms with E-state index >= 15 is 0 Å². The van der Waals surface area contributed by atoms with Gasteiger partial charge in [-0.2, -0.15) is 5.26 Å². The molecular weight excluding hydrogens is 286 g/mol. The lowest BCUT2D eigenvalue weighted by atomic mass is 9.85. The summed E-state index contributed by atoms with van der Waals surface area (Å²) in [6.07, 6.45) is 5.71. The van der Waals surface area contributed by atoms with Crippen molar-refractivity contribution in [3.05, 3.63) is 30.1 Å². The van der Waals surface area contributed by atoms with Crippen molar-refractivity contribution in [2.45, 2.75) is 32.1 Å². The molecule has 1 aliphatic rings. The van der Waals surface area contributed by atoms with Crippen LogP contribution in [0.1, 0.15) is 31.4 Å². The highest BCUT2D eigenvalue weighted by molar-refractivity contribution is 7.89. The highest BCUT2D eigenvalue weighted by Crippen LogP contribution is 2.28. The van der Waals surface area contributed by atoms with Crippen LogP contribution in [0, 0.1) is 17.2 Å². The molecule has 0 aliphatic heterocycles. The summed E-state index contributed by atoms with van der Waals surface area (Å²) < 4.78 is 26.5. The van der Waals surface area contributed by atoms with E-state index < -0.39 is 10.0 Å². The van der Waals surface area contributed by atoms with E-state index in [2.05, 4.69) is 4.98 Å². The average Bonchev–Trinajstić information content (AvgIpc) is 2.44. The molecule has 1 aromatic heterocycles. The lowest BCUT2D eigenvalue weighted by Gasteiger charge is -2.31. The van der Waals surface area contributed by atoms with Crippen LogP contribution in [-0.2, 0) is 16.4 Å². The highest BCUT2D eigenvalue weighted by atomic mass is 32.2. The van der Waals surface area contributed by atoms with Crippen molar-refractivity contribution in [1.29, 1.82) is 5.26 Å². The van der Waals surface area contributed by atoms with Crippen molar-refractivity contribution in [2.24, 2.45) is 5.92 Å². The van der Waals surface area contributed by atoms with Crippen LogP contribution in [0.4, 0.5) is 0 Å². The molecule has 1 heterocycles. The molecule has 0 aromatic carbocycles. The van der Waals surface area contributed by atoms with Gasteiger partial charge in [-0.1, -0.05) is 12.5 Å². The molecule has 0 amide bonds. The quantitative estimate of drug-likeness (QED) is 0.736. The fourth-order valence-corrected chi connectivity index (χ4v) is 3.92. The third-order valence-corrected chi connectivity index (χ3v) is 5.73. The van der Waals surface area contributed by atoms with Crippen molar-refractivity contribution in [3.8, 4) is 6.07 Å². The van der Waals surface area contributed by atoms with Crippen LogP contribution in [0.3, 0.4) is 0 Å². The number of aryl methyl sites for hydroxylation is 1. The lowest BCUT2D eigenvalue weighted by molar-refractivity contribution is 0.247. The number of rotatable bonds is 8. The van der Waals surface area contributed by atoms with Crippen LogP contribution in [0.5, 0.6) is 0 Å². The van der Waals surface area contributed by atoms with Gasteiger partial charge < -0.3 is 0 Å². The van der Waals surface area contributed by atoms with Crippen molar-refractivity contribution >= 4 is 10.0 Å². The molecule has 6 heteroatoms. The van der Waals surface area contributed by atoms with Gasteiger partial charge in [-0.15, -0.1) is 0 Å². The minimum absolute atomic E-state index is 0.0577. The predicted octanol–water partition coefficient (Wildman–Crippen LogP) is 1.97. The topological polar surface area (TPSA) is 74.1 Å². The monoisotopic (exact) mass is 307 g/mol. The number of hydrogen-bond acceptors (Lipinski definition) is 4. The second kappa shape index (κ2) is 7.53. The Kier molecular flexibility index (Phi) is 5.71. The molecule has 0 bridgehead atoms. The first kappa shape index (κ1) is 15.9. The summed E-state index contributed by atoms with van der Waals surface area (Å²) in [6.45, 7) is 0.865. The number of sulfonamides is 1. The summed E-state index contributed by atoms with van der Waals surface area (Å²) in [6, 6.07) is 7.54. The van der Waals surface area contributed by atoms with E-state index in [0.717, 1.165) is 18.5 Å². The van der Waals surface area contributed by atoms with E-state index in [4.69, 9.17) is 5.26 Å². The molecule has 1 fully saturated rings. The van der Waals surface area contributed by atoms with Gasteiger partial charge in [0.1, 0.15) is 0 Å². The molecular formula is C15H21N3O2S. The van der Waals surface area contributed by atoms with Gasteiger partial charge in [0.05, 0.1) is 11.8 Å². The van der Waals surface area contributed by atoms with E-state index in [1.165, 1.54) is 10.7 Å². The second-order valence-electron chi connectivity index (χ2n) is 5.45. The fraction of sp³-hybridized carbons (Fsp3) is 0.600. The van der Waals surface area contributed by atoms with Gasteiger partial charge in [-0.3, -0.25) is 4.98 Å². The molecule has 0 radical (unpaired) electrons. The Morgan fingerprint density at radius 2 is 2.19 bits per heavy atom. The van der Waals surface area contributed by atoms with Crippen LogP contribution in [0.15, 0.2) is 24.4 Å². The first-order chi connectivity index (χ1) is 10.1. The summed E-state index contributed by atoms with van der Waals surface area (Å²) in [5.41, 5.74) is 0.782. The van der Waals surface area contributed by atoms with Gasteiger partial charge in [-0.25, -0.2) is 12.7 Å². The minimum atomic E-state index is -3.32. The molecule has 2 rings (SSSR count). The van der Waals surface area contributed by atoms with Crippen LogP contribution < -0.4 is 0 Å². The molecule has 0 spiro atoms. The Morgan fingerprint density at radius 3 is 2.76 bits per heavy atom. The van der Waals surface area contributed by atoms with Crippen molar-refractivity contribution in [3.63, 3.8) is 0 Å². The average molecular weight is 307 g/mol. The van der Waals surface area contributed by atoms with Crippen LogP contribution in [0.2, 0.25) is 0 Å². The van der Waals surface area contributed by atoms with Crippen molar-refractivity contribution in [1.82, 2.24) is 9.29 Å². The molecule has 0 saturated heterocycles. The van der Waals surface area contributed by atoms with Gasteiger partial charge in [0.15, 0.2) is 0 Å². The summed E-state index contributed by atoms with van der Waals surface area (Å²) in [7, 11) is -3.32. The van der Waals surface area contributed by atoms with E-state index in [1.54, 1.807) is 6.20 Å². The zero-order chi connectivity index (χ0) is 15.1. The summed E-state index contributed by atoms with van der Waals surface area (Å²) in [4.78, 5) is 4.16. The normalized spacial score (nSPS) is 15.6. The maximum atomic E-state index is 12.5. The Bertz CT molecular complexity index is 577. The first-order valence-electron chi connectivity index (χ1n) is 7.36. The van der Waals surface area contributed by atoms with Crippen molar-refractivity contribution < 1.29 is 8.42 Å². The molecule has 21 heavy (non-hydrogen) atoms. The molecule has 0 N–H and O–H groups in total. The predicted molar refractivity (Wildman–Crippen MR) is 80.9 cm³/mol. The van der Waals surface area contributed by atoms with E-state index in [0.29, 0.717) is 25.4 Å². The Labute approximate surface area is 126 Å². The number of aromatic nitrogens is 1. The maximum absolute atomic E-state index is 12.5. The number of nitrogens with zero attached hydrogens (tertiary/aromatic N) is 3. The Hall–Kier alpha value is -1.45. The van der Waals surface area contributed by atoms with Crippen molar-refractivity contribution in [2.75, 3.05) is 18.8 Å². The summed E-state index contributed by atoms with van der Waals surface area (Å²) in [5.74, 6) is 0.524. The van der Waals surface area contributed by atoms with Gasteiger partial charge in [-0.05, 0) is 30.9 Å². The maximum Gasteiger partial charge on any atom is 0.214 e. The molecule has 1 aromatic rings. The molecule has 0 unspecified atom stereocenters. The smallest absolute Gasteiger partial charge is 0.214 e. The van der Waals surface area contributed by atoms with E-state index in [1.807, 2.05) is 24.3 Å². The van der Waals surface area contributed by atoms with Crippen LogP contribution in [-0.4, -0.2) is 36.5 Å². The zero-order valence-electron chi connectivity index (χ0n) is 12.1. The molecule has 5 nitrogen and oxygen atoms in total. The van der Waals surface area contributed by atoms with Gasteiger partial charge in [0.25, 0.3) is 0 Å². The molecule has 1 aliphatic carbocycles. The Balaban J connectivity index is 1.96. The Morgan fingerprint density at radius 1 is 1.38 bits per heavy atom. The number of hydrogen-bond donors (Lipinski definition) is 0. The summed E-state index contributed by atoms with van der Waals surface area (Å²) >= 11 is 0. The summed E-state index contributed by atoms with van der Waals surface area (Å²) in [5, 5.41) is 8.71.